The topological polar surface area (TPSA) is 52.6 Å². The lowest BCUT2D eigenvalue weighted by molar-refractivity contribution is -0.159. The lowest BCUT2D eigenvalue weighted by Crippen LogP contribution is -2.39. The highest BCUT2D eigenvalue weighted by atomic mass is 35.5. The van der Waals surface area contributed by atoms with Crippen molar-refractivity contribution in [2.75, 3.05) is 6.61 Å². The molecule has 0 heterocycles. The summed E-state index contributed by atoms with van der Waals surface area (Å²) in [6.45, 7) is 5.89. The monoisotopic (exact) mass is 402 g/mol. The Morgan fingerprint density at radius 2 is 1.46 bits per heavy atom. The van der Waals surface area contributed by atoms with Crippen LogP contribution in [-0.4, -0.2) is 24.0 Å². The van der Waals surface area contributed by atoms with Crippen molar-refractivity contribution in [1.82, 2.24) is 0 Å². The maximum absolute atomic E-state index is 12.5. The van der Waals surface area contributed by atoms with Gasteiger partial charge < -0.3 is 9.47 Å². The molecule has 5 heteroatoms. The summed E-state index contributed by atoms with van der Waals surface area (Å²) in [6, 6.07) is 13.5. The van der Waals surface area contributed by atoms with E-state index in [2.05, 4.69) is 6.92 Å². The lowest BCUT2D eigenvalue weighted by Gasteiger charge is -2.24. The first-order valence-corrected chi connectivity index (χ1v) is 9.98. The van der Waals surface area contributed by atoms with Crippen LogP contribution < -0.4 is 4.74 Å². The zero-order valence-electron chi connectivity index (χ0n) is 16.7. The average molecular weight is 403 g/mol. The van der Waals surface area contributed by atoms with Crippen molar-refractivity contribution >= 4 is 23.4 Å². The summed E-state index contributed by atoms with van der Waals surface area (Å²) in [5.74, 6) is -0.000120. The van der Waals surface area contributed by atoms with Crippen LogP contribution in [-0.2, 0) is 9.53 Å². The van der Waals surface area contributed by atoms with Gasteiger partial charge in [0, 0.05) is 16.1 Å². The molecule has 0 saturated carbocycles. The van der Waals surface area contributed by atoms with Gasteiger partial charge in [-0.3, -0.25) is 4.79 Å². The van der Waals surface area contributed by atoms with Crippen LogP contribution in [0.25, 0.3) is 0 Å². The minimum absolute atomic E-state index is 0.103. The molecule has 150 valence electrons. The molecule has 0 saturated heterocycles. The van der Waals surface area contributed by atoms with Crippen LogP contribution in [0.15, 0.2) is 48.5 Å². The summed E-state index contributed by atoms with van der Waals surface area (Å²) in [6.07, 6.45) is 4.18. The smallest absolute Gasteiger partial charge is 0.349 e. The molecular weight excluding hydrogens is 376 g/mol. The summed E-state index contributed by atoms with van der Waals surface area (Å²) in [7, 11) is 0. The molecular formula is C23H27ClO4. The maximum Gasteiger partial charge on any atom is 0.349 e. The molecule has 2 aromatic carbocycles. The molecule has 0 bridgehead atoms. The third kappa shape index (κ3) is 6.38. The van der Waals surface area contributed by atoms with Crippen molar-refractivity contribution in [2.45, 2.75) is 52.1 Å². The number of carbonyl (C=O) groups excluding carboxylic acids is 2. The second-order valence-corrected chi connectivity index (χ2v) is 7.61. The lowest BCUT2D eigenvalue weighted by atomic mass is 10.0. The Morgan fingerprint density at radius 3 is 2.04 bits per heavy atom. The van der Waals surface area contributed by atoms with E-state index >= 15 is 0 Å². The van der Waals surface area contributed by atoms with Gasteiger partial charge in [0.2, 0.25) is 0 Å². The number of hydrogen-bond acceptors (Lipinski definition) is 4. The van der Waals surface area contributed by atoms with E-state index in [1.54, 1.807) is 62.4 Å². The second-order valence-electron chi connectivity index (χ2n) is 7.17. The normalized spacial score (nSPS) is 11.1. The number of carbonyl (C=O) groups is 2. The van der Waals surface area contributed by atoms with Crippen LogP contribution in [0.5, 0.6) is 5.75 Å². The van der Waals surface area contributed by atoms with Crippen molar-refractivity contribution in [3.05, 3.63) is 64.7 Å². The van der Waals surface area contributed by atoms with Crippen LogP contribution in [0.1, 0.15) is 62.4 Å². The van der Waals surface area contributed by atoms with Crippen molar-refractivity contribution in [1.29, 1.82) is 0 Å². The summed E-state index contributed by atoms with van der Waals surface area (Å²) in [5.41, 5.74) is -0.0112. The van der Waals surface area contributed by atoms with Gasteiger partial charge in [-0.1, -0.05) is 37.8 Å². The molecule has 0 amide bonds. The molecule has 0 unspecified atom stereocenters. The van der Waals surface area contributed by atoms with Crippen molar-refractivity contribution in [3.63, 3.8) is 0 Å². The Balaban J connectivity index is 1.94. The van der Waals surface area contributed by atoms with Gasteiger partial charge in [-0.25, -0.2) is 4.79 Å². The van der Waals surface area contributed by atoms with Crippen LogP contribution in [0.4, 0.5) is 0 Å². The van der Waals surface area contributed by atoms with Crippen molar-refractivity contribution < 1.29 is 19.1 Å². The summed E-state index contributed by atoms with van der Waals surface area (Å²) < 4.78 is 11.1. The van der Waals surface area contributed by atoms with E-state index in [0.29, 0.717) is 28.5 Å². The number of esters is 1. The van der Waals surface area contributed by atoms with Crippen LogP contribution in [0.2, 0.25) is 5.02 Å². The third-order valence-corrected chi connectivity index (χ3v) is 4.57. The summed E-state index contributed by atoms with van der Waals surface area (Å²) in [5, 5.41) is 0.583. The predicted molar refractivity (Wildman–Crippen MR) is 111 cm³/mol. The number of rotatable bonds is 10. The second kappa shape index (κ2) is 10.3. The van der Waals surface area contributed by atoms with E-state index in [1.165, 1.54) is 0 Å². The number of unbranched alkanes of at least 4 members (excludes halogenated alkanes) is 3. The fourth-order valence-electron chi connectivity index (χ4n) is 2.65. The van der Waals surface area contributed by atoms with E-state index in [1.807, 2.05) is 0 Å². The molecule has 0 radical (unpaired) electrons. The Morgan fingerprint density at radius 1 is 0.893 bits per heavy atom. The van der Waals surface area contributed by atoms with E-state index in [4.69, 9.17) is 21.1 Å². The minimum Gasteiger partial charge on any atom is -0.476 e. The zero-order chi connectivity index (χ0) is 20.6. The highest BCUT2D eigenvalue weighted by Gasteiger charge is 2.31. The molecule has 0 atom stereocenters. The highest BCUT2D eigenvalue weighted by Crippen LogP contribution is 2.22. The van der Waals surface area contributed by atoms with E-state index in [9.17, 15) is 9.59 Å². The van der Waals surface area contributed by atoms with Gasteiger partial charge in [-0.2, -0.15) is 0 Å². The Bertz CT molecular complexity index is 779. The maximum atomic E-state index is 12.5. The first-order chi connectivity index (χ1) is 13.3. The molecule has 2 rings (SSSR count). The van der Waals surface area contributed by atoms with Crippen LogP contribution in [0.3, 0.4) is 0 Å². The van der Waals surface area contributed by atoms with Gasteiger partial charge in [0.25, 0.3) is 0 Å². The fraction of sp³-hybridized carbons (Fsp3) is 0.391. The predicted octanol–water partition coefficient (Wildman–Crippen LogP) is 5.85. The number of halogens is 1. The SMILES string of the molecule is CCCCCCOC(=O)C(C)(C)Oc1ccc(C(=O)c2ccc(Cl)cc2)cc1. The minimum atomic E-state index is -1.10. The third-order valence-electron chi connectivity index (χ3n) is 4.32. The molecule has 2 aromatic rings. The molecule has 0 aliphatic rings. The largest absolute Gasteiger partial charge is 0.476 e. The fourth-order valence-corrected chi connectivity index (χ4v) is 2.77. The Hall–Kier alpha value is -2.33. The van der Waals surface area contributed by atoms with Crippen molar-refractivity contribution in [3.8, 4) is 5.75 Å². The van der Waals surface area contributed by atoms with Gasteiger partial charge in [0.1, 0.15) is 5.75 Å². The Labute approximate surface area is 171 Å². The van der Waals surface area contributed by atoms with Crippen LogP contribution in [0, 0.1) is 0 Å². The molecule has 28 heavy (non-hydrogen) atoms. The molecule has 0 spiro atoms. The first kappa shape index (κ1) is 22.0. The average Bonchev–Trinajstić information content (AvgIpc) is 2.68. The van der Waals surface area contributed by atoms with Crippen molar-refractivity contribution in [2.24, 2.45) is 0 Å². The molecule has 4 nitrogen and oxygen atoms in total. The quantitative estimate of drug-likeness (QED) is 0.284. The first-order valence-electron chi connectivity index (χ1n) is 9.60. The summed E-state index contributed by atoms with van der Waals surface area (Å²) in [4.78, 5) is 24.8. The number of benzene rings is 2. The number of ether oxygens (including phenoxy) is 2. The number of ketones is 1. The highest BCUT2D eigenvalue weighted by molar-refractivity contribution is 6.30. The molecule has 0 fully saturated rings. The van der Waals surface area contributed by atoms with Gasteiger partial charge >= 0.3 is 5.97 Å². The molecule has 0 aromatic heterocycles. The zero-order valence-corrected chi connectivity index (χ0v) is 17.4. The van der Waals surface area contributed by atoms with Gasteiger partial charge in [-0.05, 0) is 68.8 Å². The van der Waals surface area contributed by atoms with Crippen LogP contribution >= 0.6 is 11.6 Å². The van der Waals surface area contributed by atoms with Gasteiger partial charge in [0.05, 0.1) is 6.61 Å². The van der Waals surface area contributed by atoms with E-state index in [-0.39, 0.29) is 5.78 Å². The molecule has 0 N–H and O–H groups in total. The Kier molecular flexibility index (Phi) is 8.06. The molecule has 0 aliphatic carbocycles. The summed E-state index contributed by atoms with van der Waals surface area (Å²) >= 11 is 5.86. The van der Waals surface area contributed by atoms with E-state index in [0.717, 1.165) is 25.7 Å². The standard InChI is InChI=1S/C23H27ClO4/c1-4-5-6-7-16-27-22(26)23(2,3)28-20-14-10-18(11-15-20)21(25)17-8-12-19(24)13-9-17/h8-15H,4-7,16H2,1-3H3. The molecule has 0 aliphatic heterocycles. The van der Waals surface area contributed by atoms with Gasteiger partial charge in [0.15, 0.2) is 11.4 Å². The van der Waals surface area contributed by atoms with E-state index < -0.39 is 11.6 Å². The van der Waals surface area contributed by atoms with Gasteiger partial charge in [-0.15, -0.1) is 0 Å². The number of hydrogen-bond donors (Lipinski definition) is 0.